The van der Waals surface area contributed by atoms with Crippen LogP contribution < -0.4 is 0 Å². The van der Waals surface area contributed by atoms with Crippen LogP contribution in [0.1, 0.15) is 40.0 Å². The fraction of sp³-hybridized carbons (Fsp3) is 0.533. The molecule has 0 aromatic rings. The lowest BCUT2D eigenvalue weighted by Gasteiger charge is -2.36. The van der Waals surface area contributed by atoms with Crippen LogP contribution in [0.4, 0.5) is 0 Å². The van der Waals surface area contributed by atoms with Crippen LogP contribution in [0.25, 0.3) is 0 Å². The molecular weight excluding hydrogens is 212 g/mol. The van der Waals surface area contributed by atoms with Crippen molar-refractivity contribution in [2.24, 2.45) is 5.92 Å². The van der Waals surface area contributed by atoms with E-state index in [0.29, 0.717) is 11.5 Å². The second-order valence-corrected chi connectivity index (χ2v) is 5.08. The van der Waals surface area contributed by atoms with Gasteiger partial charge in [-0.1, -0.05) is 24.8 Å². The number of carbonyl (C=O) groups excluding carboxylic acids is 1. The smallest absolute Gasteiger partial charge is 0.333 e. The molecule has 0 N–H and O–H groups in total. The molecule has 2 unspecified atom stereocenters. The second kappa shape index (κ2) is 5.35. The standard InChI is InChI=1S/C15H22O2/c1-6-15(5,17-14(16)11(2)3)13-9-7-12(4)8-10-13/h6-7,13H,1-2,8-10H2,3-5H3. The van der Waals surface area contributed by atoms with E-state index in [2.05, 4.69) is 26.2 Å². The zero-order chi connectivity index (χ0) is 13.1. The van der Waals surface area contributed by atoms with Gasteiger partial charge in [-0.15, -0.1) is 0 Å². The number of carbonyl (C=O) groups is 1. The average molecular weight is 234 g/mol. The van der Waals surface area contributed by atoms with Crippen LogP contribution in [-0.4, -0.2) is 11.6 Å². The van der Waals surface area contributed by atoms with Gasteiger partial charge in [-0.05, 0) is 46.1 Å². The predicted molar refractivity (Wildman–Crippen MR) is 70.6 cm³/mol. The minimum atomic E-state index is -0.590. The summed E-state index contributed by atoms with van der Waals surface area (Å²) in [6.07, 6.45) is 7.02. The minimum absolute atomic E-state index is 0.312. The Morgan fingerprint density at radius 3 is 2.71 bits per heavy atom. The zero-order valence-electron chi connectivity index (χ0n) is 11.1. The lowest BCUT2D eigenvalue weighted by molar-refractivity contribution is -0.153. The number of rotatable bonds is 4. The van der Waals surface area contributed by atoms with E-state index in [9.17, 15) is 4.79 Å². The van der Waals surface area contributed by atoms with Crippen molar-refractivity contribution in [2.45, 2.75) is 45.6 Å². The highest BCUT2D eigenvalue weighted by atomic mass is 16.6. The van der Waals surface area contributed by atoms with Crippen LogP contribution in [0.15, 0.2) is 36.5 Å². The van der Waals surface area contributed by atoms with Gasteiger partial charge >= 0.3 is 5.97 Å². The van der Waals surface area contributed by atoms with Gasteiger partial charge in [0, 0.05) is 11.5 Å². The number of esters is 1. The summed E-state index contributed by atoms with van der Waals surface area (Å²) in [6.45, 7) is 13.2. The molecule has 2 nitrogen and oxygen atoms in total. The first kappa shape index (κ1) is 13.8. The third-order valence-corrected chi connectivity index (χ3v) is 3.51. The maximum atomic E-state index is 11.6. The van der Waals surface area contributed by atoms with Crippen molar-refractivity contribution in [3.8, 4) is 0 Å². The fourth-order valence-electron chi connectivity index (χ4n) is 2.06. The quantitative estimate of drug-likeness (QED) is 0.420. The Bertz CT molecular complexity index is 365. The van der Waals surface area contributed by atoms with Gasteiger partial charge in [0.05, 0.1) is 0 Å². The number of allylic oxidation sites excluding steroid dienone is 2. The molecule has 2 heteroatoms. The van der Waals surface area contributed by atoms with E-state index in [-0.39, 0.29) is 5.97 Å². The monoisotopic (exact) mass is 234 g/mol. The highest BCUT2D eigenvalue weighted by Crippen LogP contribution is 2.35. The Kier molecular flexibility index (Phi) is 4.33. The molecule has 1 aliphatic carbocycles. The topological polar surface area (TPSA) is 26.3 Å². The highest BCUT2D eigenvalue weighted by Gasteiger charge is 2.35. The van der Waals surface area contributed by atoms with Crippen LogP contribution in [0.5, 0.6) is 0 Å². The molecule has 0 spiro atoms. The van der Waals surface area contributed by atoms with Crippen molar-refractivity contribution in [3.05, 3.63) is 36.5 Å². The summed E-state index contributed by atoms with van der Waals surface area (Å²) < 4.78 is 5.54. The zero-order valence-corrected chi connectivity index (χ0v) is 11.1. The molecule has 0 saturated heterocycles. The maximum Gasteiger partial charge on any atom is 0.333 e. The molecule has 2 atom stereocenters. The van der Waals surface area contributed by atoms with Gasteiger partial charge in [-0.25, -0.2) is 4.79 Å². The first-order valence-electron chi connectivity index (χ1n) is 6.07. The summed E-state index contributed by atoms with van der Waals surface area (Å²) in [5.74, 6) is -0.0225. The van der Waals surface area contributed by atoms with Crippen molar-refractivity contribution in [3.63, 3.8) is 0 Å². The van der Waals surface area contributed by atoms with Crippen molar-refractivity contribution in [2.75, 3.05) is 0 Å². The summed E-state index contributed by atoms with van der Waals surface area (Å²) in [5.41, 5.74) is 1.26. The third kappa shape index (κ3) is 3.32. The van der Waals surface area contributed by atoms with Gasteiger partial charge in [0.25, 0.3) is 0 Å². The molecule has 0 saturated carbocycles. The Labute approximate surface area is 104 Å². The average Bonchev–Trinajstić information content (AvgIpc) is 2.29. The molecule has 1 aliphatic rings. The minimum Gasteiger partial charge on any atom is -0.451 e. The van der Waals surface area contributed by atoms with E-state index in [1.165, 1.54) is 5.57 Å². The van der Waals surface area contributed by atoms with E-state index < -0.39 is 5.60 Å². The van der Waals surface area contributed by atoms with Crippen molar-refractivity contribution >= 4 is 5.97 Å². The van der Waals surface area contributed by atoms with E-state index in [1.54, 1.807) is 13.0 Å². The van der Waals surface area contributed by atoms with Crippen LogP contribution >= 0.6 is 0 Å². The van der Waals surface area contributed by atoms with E-state index in [0.717, 1.165) is 19.3 Å². The van der Waals surface area contributed by atoms with Gasteiger partial charge < -0.3 is 4.74 Å². The molecule has 0 aromatic carbocycles. The van der Waals surface area contributed by atoms with Gasteiger partial charge in [0.2, 0.25) is 0 Å². The first-order valence-corrected chi connectivity index (χ1v) is 6.07. The van der Waals surface area contributed by atoms with E-state index in [1.807, 2.05) is 6.92 Å². The summed E-state index contributed by atoms with van der Waals surface area (Å²) in [6, 6.07) is 0. The Hall–Kier alpha value is -1.31. The number of hydrogen-bond donors (Lipinski definition) is 0. The van der Waals surface area contributed by atoms with Crippen LogP contribution in [0.3, 0.4) is 0 Å². The second-order valence-electron chi connectivity index (χ2n) is 5.08. The lowest BCUT2D eigenvalue weighted by atomic mass is 9.78. The van der Waals surface area contributed by atoms with Crippen LogP contribution in [0.2, 0.25) is 0 Å². The summed E-state index contributed by atoms with van der Waals surface area (Å²) in [7, 11) is 0. The molecule has 94 valence electrons. The summed E-state index contributed by atoms with van der Waals surface area (Å²) in [4.78, 5) is 11.6. The summed E-state index contributed by atoms with van der Waals surface area (Å²) >= 11 is 0. The van der Waals surface area contributed by atoms with Crippen molar-refractivity contribution < 1.29 is 9.53 Å². The third-order valence-electron chi connectivity index (χ3n) is 3.51. The molecule has 0 radical (unpaired) electrons. The molecule has 0 aliphatic heterocycles. The fourth-order valence-corrected chi connectivity index (χ4v) is 2.06. The lowest BCUT2D eigenvalue weighted by Crippen LogP contribution is -2.38. The normalized spacial score (nSPS) is 23.2. The molecule has 0 heterocycles. The van der Waals surface area contributed by atoms with Gasteiger partial charge in [0.15, 0.2) is 0 Å². The van der Waals surface area contributed by atoms with E-state index >= 15 is 0 Å². The number of ether oxygens (including phenoxy) is 1. The summed E-state index contributed by atoms with van der Waals surface area (Å²) in [5, 5.41) is 0. The first-order chi connectivity index (χ1) is 7.89. The molecule has 17 heavy (non-hydrogen) atoms. The molecular formula is C15H22O2. The predicted octanol–water partition coefficient (Wildman–Crippen LogP) is 3.80. The van der Waals surface area contributed by atoms with Gasteiger partial charge in [-0.2, -0.15) is 0 Å². The van der Waals surface area contributed by atoms with Gasteiger partial charge in [0.1, 0.15) is 5.60 Å². The number of hydrogen-bond acceptors (Lipinski definition) is 2. The largest absolute Gasteiger partial charge is 0.451 e. The molecule has 0 bridgehead atoms. The van der Waals surface area contributed by atoms with E-state index in [4.69, 9.17) is 4.74 Å². The Morgan fingerprint density at radius 2 is 2.29 bits per heavy atom. The maximum absolute atomic E-state index is 11.6. The Morgan fingerprint density at radius 1 is 1.65 bits per heavy atom. The van der Waals surface area contributed by atoms with Crippen molar-refractivity contribution in [1.29, 1.82) is 0 Å². The molecule has 0 fully saturated rings. The molecule has 1 rings (SSSR count). The highest BCUT2D eigenvalue weighted by molar-refractivity contribution is 5.87. The Balaban J connectivity index is 2.78. The SMILES string of the molecule is C=CC(C)(OC(=O)C(=C)C)C1CC=C(C)CC1. The molecule has 0 aromatic heterocycles. The molecule has 0 amide bonds. The van der Waals surface area contributed by atoms with Gasteiger partial charge in [-0.3, -0.25) is 0 Å². The van der Waals surface area contributed by atoms with Crippen molar-refractivity contribution in [1.82, 2.24) is 0 Å². The van der Waals surface area contributed by atoms with Crippen LogP contribution in [0, 0.1) is 5.92 Å². The van der Waals surface area contributed by atoms with Crippen LogP contribution in [-0.2, 0) is 9.53 Å².